The Kier molecular flexibility index (Phi) is 5.66. The Morgan fingerprint density at radius 3 is 2.38 bits per heavy atom. The van der Waals surface area contributed by atoms with Gasteiger partial charge in [0.1, 0.15) is 0 Å². The van der Waals surface area contributed by atoms with Crippen molar-refractivity contribution in [3.8, 4) is 0 Å². The monoisotopic (exact) mass is 288 g/mol. The van der Waals surface area contributed by atoms with Crippen LogP contribution in [-0.2, 0) is 11.3 Å². The number of nitrogen functional groups attached to an aromatic ring is 1. The van der Waals surface area contributed by atoms with Crippen molar-refractivity contribution in [3.63, 3.8) is 0 Å². The number of carbonyl (C=O) groups is 1. The molecule has 1 saturated carbocycles. The summed E-state index contributed by atoms with van der Waals surface area (Å²) in [5.74, 6) is 1.37. The smallest absolute Gasteiger partial charge is 0.225 e. The third kappa shape index (κ3) is 4.48. The van der Waals surface area contributed by atoms with E-state index in [0.29, 0.717) is 12.5 Å². The summed E-state index contributed by atoms with van der Waals surface area (Å²) in [6.45, 7) is 5.97. The first kappa shape index (κ1) is 15.9. The Hall–Kier alpha value is -1.51. The van der Waals surface area contributed by atoms with Gasteiger partial charge >= 0.3 is 0 Å². The van der Waals surface area contributed by atoms with Gasteiger partial charge in [-0.15, -0.1) is 0 Å². The average molecular weight is 288 g/mol. The summed E-state index contributed by atoms with van der Waals surface area (Å²) in [5, 5.41) is 0. The molecule has 0 unspecified atom stereocenters. The number of amides is 1. The Labute approximate surface area is 128 Å². The first-order chi connectivity index (χ1) is 10.1. The van der Waals surface area contributed by atoms with E-state index in [-0.39, 0.29) is 5.92 Å². The van der Waals surface area contributed by atoms with Crippen molar-refractivity contribution in [1.82, 2.24) is 4.90 Å². The molecule has 0 aromatic heterocycles. The molecule has 3 nitrogen and oxygen atoms in total. The van der Waals surface area contributed by atoms with Gasteiger partial charge in [0.05, 0.1) is 0 Å². The molecule has 1 aliphatic carbocycles. The lowest BCUT2D eigenvalue weighted by Crippen LogP contribution is -2.37. The highest BCUT2D eigenvalue weighted by molar-refractivity contribution is 5.79. The fraction of sp³-hybridized carbons (Fsp3) is 0.611. The second-order valence-electron chi connectivity index (χ2n) is 6.46. The molecular weight excluding hydrogens is 260 g/mol. The maximum Gasteiger partial charge on any atom is 0.225 e. The minimum absolute atomic E-state index is 0.238. The molecule has 1 aromatic rings. The number of nitrogens with two attached hydrogens (primary N) is 1. The van der Waals surface area contributed by atoms with Crippen molar-refractivity contribution < 1.29 is 4.79 Å². The largest absolute Gasteiger partial charge is 0.399 e. The molecule has 1 aliphatic rings. The van der Waals surface area contributed by atoms with E-state index in [4.69, 9.17) is 5.73 Å². The van der Waals surface area contributed by atoms with Gasteiger partial charge in [-0.2, -0.15) is 0 Å². The second kappa shape index (κ2) is 7.48. The molecule has 2 rings (SSSR count). The standard InChI is InChI=1S/C18H28N2O/c1-3-12-20(13-15-6-10-17(19)11-7-15)18(21)16-8-4-14(2)5-9-16/h6-7,10-11,14,16H,3-5,8-9,12-13,19H2,1-2H3. The van der Waals surface area contributed by atoms with Crippen LogP contribution in [0.25, 0.3) is 0 Å². The zero-order chi connectivity index (χ0) is 15.2. The highest BCUT2D eigenvalue weighted by Crippen LogP contribution is 2.30. The molecule has 0 aliphatic heterocycles. The molecule has 0 atom stereocenters. The minimum atomic E-state index is 0.238. The van der Waals surface area contributed by atoms with Gasteiger partial charge in [0.25, 0.3) is 0 Å². The van der Waals surface area contributed by atoms with E-state index in [0.717, 1.165) is 43.0 Å². The van der Waals surface area contributed by atoms with Crippen LogP contribution < -0.4 is 5.73 Å². The fourth-order valence-corrected chi connectivity index (χ4v) is 3.15. The van der Waals surface area contributed by atoms with Crippen molar-refractivity contribution in [2.24, 2.45) is 11.8 Å². The molecule has 0 heterocycles. The molecule has 0 spiro atoms. The molecule has 0 bridgehead atoms. The zero-order valence-corrected chi connectivity index (χ0v) is 13.3. The first-order valence-electron chi connectivity index (χ1n) is 8.23. The van der Waals surface area contributed by atoms with Crippen LogP contribution in [0.15, 0.2) is 24.3 Å². The fourth-order valence-electron chi connectivity index (χ4n) is 3.15. The number of benzene rings is 1. The molecule has 0 radical (unpaired) electrons. The van der Waals surface area contributed by atoms with Crippen molar-refractivity contribution >= 4 is 11.6 Å². The van der Waals surface area contributed by atoms with E-state index in [9.17, 15) is 4.79 Å². The molecule has 1 aromatic carbocycles. The lowest BCUT2D eigenvalue weighted by atomic mass is 9.82. The third-order valence-corrected chi connectivity index (χ3v) is 4.52. The van der Waals surface area contributed by atoms with E-state index >= 15 is 0 Å². The van der Waals surface area contributed by atoms with Crippen molar-refractivity contribution in [3.05, 3.63) is 29.8 Å². The normalized spacial score (nSPS) is 22.0. The topological polar surface area (TPSA) is 46.3 Å². The molecular formula is C18H28N2O. The van der Waals surface area contributed by atoms with E-state index in [1.165, 1.54) is 12.8 Å². The van der Waals surface area contributed by atoms with Crippen LogP contribution in [0, 0.1) is 11.8 Å². The predicted octanol–water partition coefficient (Wildman–Crippen LogP) is 3.83. The molecule has 0 saturated heterocycles. The Morgan fingerprint density at radius 1 is 1.19 bits per heavy atom. The maximum atomic E-state index is 12.8. The van der Waals surface area contributed by atoms with Crippen molar-refractivity contribution in [2.75, 3.05) is 12.3 Å². The van der Waals surface area contributed by atoms with Crippen LogP contribution in [0.2, 0.25) is 0 Å². The third-order valence-electron chi connectivity index (χ3n) is 4.52. The van der Waals surface area contributed by atoms with Gasteiger partial charge in [-0.1, -0.05) is 26.0 Å². The van der Waals surface area contributed by atoms with Gasteiger partial charge in [-0.25, -0.2) is 0 Å². The maximum absolute atomic E-state index is 12.8. The molecule has 116 valence electrons. The van der Waals surface area contributed by atoms with E-state index in [1.54, 1.807) is 0 Å². The van der Waals surface area contributed by atoms with Gasteiger partial charge in [0.2, 0.25) is 5.91 Å². The Bertz CT molecular complexity index is 447. The van der Waals surface area contributed by atoms with Crippen LogP contribution in [0.3, 0.4) is 0 Å². The highest BCUT2D eigenvalue weighted by atomic mass is 16.2. The first-order valence-corrected chi connectivity index (χ1v) is 8.23. The number of hydrogen-bond donors (Lipinski definition) is 1. The average Bonchev–Trinajstić information content (AvgIpc) is 2.49. The van der Waals surface area contributed by atoms with Crippen LogP contribution in [0.4, 0.5) is 5.69 Å². The SMILES string of the molecule is CCCN(Cc1ccc(N)cc1)C(=O)C1CCC(C)CC1. The summed E-state index contributed by atoms with van der Waals surface area (Å²) in [5.41, 5.74) is 7.66. The number of nitrogens with zero attached hydrogens (tertiary/aromatic N) is 1. The number of anilines is 1. The van der Waals surface area contributed by atoms with Gasteiger partial charge in [-0.3, -0.25) is 4.79 Å². The van der Waals surface area contributed by atoms with Crippen molar-refractivity contribution in [1.29, 1.82) is 0 Å². The van der Waals surface area contributed by atoms with Gasteiger partial charge < -0.3 is 10.6 Å². The van der Waals surface area contributed by atoms with Gasteiger partial charge in [-0.05, 0) is 55.7 Å². The summed E-state index contributed by atoms with van der Waals surface area (Å²) < 4.78 is 0. The van der Waals surface area contributed by atoms with Crippen LogP contribution in [0.5, 0.6) is 0 Å². The zero-order valence-electron chi connectivity index (χ0n) is 13.3. The molecule has 1 amide bonds. The lowest BCUT2D eigenvalue weighted by molar-refractivity contribution is -0.137. The summed E-state index contributed by atoms with van der Waals surface area (Å²) in [7, 11) is 0. The molecule has 2 N–H and O–H groups in total. The predicted molar refractivity (Wildman–Crippen MR) is 87.7 cm³/mol. The summed E-state index contributed by atoms with van der Waals surface area (Å²) in [6, 6.07) is 7.86. The van der Waals surface area contributed by atoms with Crippen molar-refractivity contribution in [2.45, 2.75) is 52.5 Å². The molecule has 1 fully saturated rings. The van der Waals surface area contributed by atoms with Crippen LogP contribution in [0.1, 0.15) is 51.5 Å². The van der Waals surface area contributed by atoms with Gasteiger partial charge in [0.15, 0.2) is 0 Å². The van der Waals surface area contributed by atoms with Crippen LogP contribution >= 0.6 is 0 Å². The Morgan fingerprint density at radius 2 is 1.81 bits per heavy atom. The number of carbonyl (C=O) groups excluding carboxylic acids is 1. The number of rotatable bonds is 5. The summed E-state index contributed by atoms with van der Waals surface area (Å²) >= 11 is 0. The van der Waals surface area contributed by atoms with E-state index in [1.807, 2.05) is 29.2 Å². The van der Waals surface area contributed by atoms with Crippen LogP contribution in [-0.4, -0.2) is 17.4 Å². The quantitative estimate of drug-likeness (QED) is 0.837. The molecule has 21 heavy (non-hydrogen) atoms. The second-order valence-corrected chi connectivity index (χ2v) is 6.46. The summed E-state index contributed by atoms with van der Waals surface area (Å²) in [4.78, 5) is 14.8. The Balaban J connectivity index is 2.00. The van der Waals surface area contributed by atoms with Gasteiger partial charge in [0, 0.05) is 24.7 Å². The lowest BCUT2D eigenvalue weighted by Gasteiger charge is -2.31. The highest BCUT2D eigenvalue weighted by Gasteiger charge is 2.27. The van der Waals surface area contributed by atoms with E-state index in [2.05, 4.69) is 13.8 Å². The minimum Gasteiger partial charge on any atom is -0.399 e. The summed E-state index contributed by atoms with van der Waals surface area (Å²) in [6.07, 6.45) is 5.50. The number of hydrogen-bond acceptors (Lipinski definition) is 2. The van der Waals surface area contributed by atoms with E-state index < -0.39 is 0 Å². The molecule has 3 heteroatoms.